The van der Waals surface area contributed by atoms with Gasteiger partial charge in [0.1, 0.15) is 0 Å². The standard InChI is InChI=1S/C20H29F3N4OS/c1-4-7-17-18(13-27(25-17)16-8-5-10-24-12-16)26(11-6-9-20(21,22)23)19(28)15(2)14-29-3/h5,8,10,13,15,24H,4,6-7,9,11-12,14H2,1-3H3. The number of thioether (sulfide) groups is 1. The molecule has 0 spiro atoms. The fourth-order valence-electron chi connectivity index (χ4n) is 3.17. The van der Waals surface area contributed by atoms with Crippen molar-refractivity contribution in [3.05, 3.63) is 30.2 Å². The van der Waals surface area contributed by atoms with E-state index in [0.717, 1.165) is 17.8 Å². The highest BCUT2D eigenvalue weighted by Crippen LogP contribution is 2.28. The number of rotatable bonds is 10. The maximum atomic E-state index is 13.1. The molecule has 162 valence electrons. The van der Waals surface area contributed by atoms with E-state index < -0.39 is 12.6 Å². The highest BCUT2D eigenvalue weighted by Gasteiger charge is 2.30. The van der Waals surface area contributed by atoms with Crippen LogP contribution in [0.5, 0.6) is 0 Å². The summed E-state index contributed by atoms with van der Waals surface area (Å²) < 4.78 is 39.8. The zero-order chi connectivity index (χ0) is 21.4. The molecule has 5 nitrogen and oxygen atoms in total. The summed E-state index contributed by atoms with van der Waals surface area (Å²) in [6, 6.07) is 0. The molecule has 1 aliphatic rings. The van der Waals surface area contributed by atoms with Crippen LogP contribution >= 0.6 is 11.8 Å². The van der Waals surface area contributed by atoms with E-state index in [4.69, 9.17) is 0 Å². The van der Waals surface area contributed by atoms with Crippen molar-refractivity contribution in [2.24, 2.45) is 5.92 Å². The number of amides is 1. The van der Waals surface area contributed by atoms with Gasteiger partial charge in [0.05, 0.1) is 29.8 Å². The summed E-state index contributed by atoms with van der Waals surface area (Å²) in [6.45, 7) is 4.45. The molecule has 0 saturated carbocycles. The van der Waals surface area contributed by atoms with Gasteiger partial charge in [-0.15, -0.1) is 0 Å². The van der Waals surface area contributed by atoms with Crippen LogP contribution in [0.25, 0.3) is 5.70 Å². The number of alkyl halides is 3. The number of hydrogen-bond donors (Lipinski definition) is 1. The molecular formula is C20H29F3N4OS. The number of hydrogen-bond acceptors (Lipinski definition) is 4. The molecule has 9 heteroatoms. The molecular weight excluding hydrogens is 401 g/mol. The molecule has 1 unspecified atom stereocenters. The number of anilines is 1. The van der Waals surface area contributed by atoms with Crippen LogP contribution in [0.4, 0.5) is 18.9 Å². The van der Waals surface area contributed by atoms with Crippen LogP contribution in [-0.4, -0.2) is 47.0 Å². The van der Waals surface area contributed by atoms with E-state index in [1.54, 1.807) is 22.6 Å². The molecule has 2 rings (SSSR count). The van der Waals surface area contributed by atoms with Crippen LogP contribution in [-0.2, 0) is 11.2 Å². The number of dihydropyridines is 1. The van der Waals surface area contributed by atoms with Gasteiger partial charge in [0.15, 0.2) is 0 Å². The number of nitrogens with one attached hydrogen (secondary N) is 1. The lowest BCUT2D eigenvalue weighted by atomic mass is 10.1. The Bertz CT molecular complexity index is 743. The third-order valence-electron chi connectivity index (χ3n) is 4.57. The fraction of sp³-hybridized carbons (Fsp3) is 0.600. The molecule has 1 aromatic heterocycles. The lowest BCUT2D eigenvalue weighted by molar-refractivity contribution is -0.135. The Morgan fingerprint density at radius 2 is 2.21 bits per heavy atom. The average molecular weight is 431 g/mol. The second-order valence-electron chi connectivity index (χ2n) is 7.12. The van der Waals surface area contributed by atoms with Gasteiger partial charge in [0.25, 0.3) is 0 Å². The topological polar surface area (TPSA) is 50.2 Å². The first-order valence-corrected chi connectivity index (χ1v) is 11.2. The van der Waals surface area contributed by atoms with E-state index >= 15 is 0 Å². The van der Waals surface area contributed by atoms with Gasteiger partial charge in [-0.2, -0.15) is 30.0 Å². The van der Waals surface area contributed by atoms with Gasteiger partial charge in [0.2, 0.25) is 5.91 Å². The minimum Gasteiger partial charge on any atom is -0.385 e. The van der Waals surface area contributed by atoms with E-state index in [1.165, 1.54) is 4.90 Å². The van der Waals surface area contributed by atoms with Crippen LogP contribution in [0.3, 0.4) is 0 Å². The van der Waals surface area contributed by atoms with Gasteiger partial charge in [-0.25, -0.2) is 4.68 Å². The SMILES string of the molecule is CCCc1nn(C2=CC=CNC2)cc1N(CCCC(F)(F)F)C(=O)C(C)CSC. The Morgan fingerprint density at radius 3 is 2.79 bits per heavy atom. The number of allylic oxidation sites excluding steroid dienone is 2. The molecule has 2 heterocycles. The van der Waals surface area contributed by atoms with Crippen molar-refractivity contribution in [1.82, 2.24) is 15.1 Å². The van der Waals surface area contributed by atoms with E-state index in [-0.39, 0.29) is 24.8 Å². The normalized spacial score (nSPS) is 15.0. The number of aromatic nitrogens is 2. The second kappa shape index (κ2) is 10.8. The van der Waals surface area contributed by atoms with Crippen LogP contribution in [0.1, 0.15) is 38.8 Å². The van der Waals surface area contributed by atoms with Gasteiger partial charge < -0.3 is 10.2 Å². The van der Waals surface area contributed by atoms with E-state index in [2.05, 4.69) is 10.4 Å². The number of carbonyl (C=O) groups is 1. The van der Waals surface area contributed by atoms with Gasteiger partial charge in [-0.3, -0.25) is 4.79 Å². The largest absolute Gasteiger partial charge is 0.389 e. The summed E-state index contributed by atoms with van der Waals surface area (Å²) in [5, 5.41) is 7.76. The summed E-state index contributed by atoms with van der Waals surface area (Å²) in [5.74, 6) is 0.174. The van der Waals surface area contributed by atoms with Crippen LogP contribution in [0.2, 0.25) is 0 Å². The van der Waals surface area contributed by atoms with Crippen LogP contribution in [0.15, 0.2) is 24.5 Å². The molecule has 0 fully saturated rings. The molecule has 1 aliphatic heterocycles. The Kier molecular flexibility index (Phi) is 8.67. The van der Waals surface area contributed by atoms with Gasteiger partial charge >= 0.3 is 6.18 Å². The summed E-state index contributed by atoms with van der Waals surface area (Å²) >= 11 is 1.55. The van der Waals surface area contributed by atoms with E-state index in [1.807, 2.05) is 38.5 Å². The molecule has 1 amide bonds. The van der Waals surface area contributed by atoms with Gasteiger partial charge in [-0.1, -0.05) is 20.3 Å². The monoisotopic (exact) mass is 430 g/mol. The quantitative estimate of drug-likeness (QED) is 0.595. The Morgan fingerprint density at radius 1 is 1.45 bits per heavy atom. The van der Waals surface area contributed by atoms with Crippen molar-refractivity contribution in [3.8, 4) is 0 Å². The minimum atomic E-state index is -4.24. The molecule has 0 saturated heterocycles. The minimum absolute atomic E-state index is 0.0245. The predicted molar refractivity (Wildman–Crippen MR) is 113 cm³/mol. The molecule has 1 atom stereocenters. The van der Waals surface area contributed by atoms with Gasteiger partial charge in [-0.05, 0) is 37.4 Å². The number of aryl methyl sites for hydroxylation is 1. The maximum Gasteiger partial charge on any atom is 0.389 e. The summed E-state index contributed by atoms with van der Waals surface area (Å²) in [5.41, 5.74) is 2.26. The highest BCUT2D eigenvalue weighted by atomic mass is 32.2. The third kappa shape index (κ3) is 6.83. The Labute approximate surface area is 174 Å². The fourth-order valence-corrected chi connectivity index (χ4v) is 3.81. The van der Waals surface area contributed by atoms with Crippen molar-refractivity contribution in [3.63, 3.8) is 0 Å². The maximum absolute atomic E-state index is 13.1. The molecule has 1 aromatic rings. The molecule has 0 bridgehead atoms. The molecule has 0 aliphatic carbocycles. The highest BCUT2D eigenvalue weighted by molar-refractivity contribution is 7.98. The van der Waals surface area contributed by atoms with Crippen molar-refractivity contribution in [1.29, 1.82) is 0 Å². The summed E-state index contributed by atoms with van der Waals surface area (Å²) in [4.78, 5) is 14.6. The zero-order valence-electron chi connectivity index (χ0n) is 17.1. The van der Waals surface area contributed by atoms with Crippen LogP contribution in [0, 0.1) is 5.92 Å². The van der Waals surface area contributed by atoms with E-state index in [9.17, 15) is 18.0 Å². The third-order valence-corrected chi connectivity index (χ3v) is 5.41. The van der Waals surface area contributed by atoms with Crippen molar-refractivity contribution < 1.29 is 18.0 Å². The smallest absolute Gasteiger partial charge is 0.385 e. The first kappa shape index (κ1) is 23.4. The average Bonchev–Trinajstić information content (AvgIpc) is 3.09. The number of halogens is 3. The van der Waals surface area contributed by atoms with Crippen molar-refractivity contribution in [2.45, 2.75) is 45.7 Å². The van der Waals surface area contributed by atoms with Crippen molar-refractivity contribution >= 4 is 29.1 Å². The van der Waals surface area contributed by atoms with Crippen LogP contribution < -0.4 is 10.2 Å². The zero-order valence-corrected chi connectivity index (χ0v) is 17.9. The summed E-state index contributed by atoms with van der Waals surface area (Å²) in [6.07, 6.45) is 5.50. The van der Waals surface area contributed by atoms with E-state index in [0.29, 0.717) is 24.4 Å². The number of nitrogens with zero attached hydrogens (tertiary/aromatic N) is 3. The van der Waals surface area contributed by atoms with Crippen molar-refractivity contribution in [2.75, 3.05) is 30.0 Å². The first-order valence-electron chi connectivity index (χ1n) is 9.82. The Hall–Kier alpha value is -1.90. The lowest BCUT2D eigenvalue weighted by Crippen LogP contribution is -2.37. The number of carbonyl (C=O) groups excluding carboxylic acids is 1. The Balaban J connectivity index is 2.35. The lowest BCUT2D eigenvalue weighted by Gasteiger charge is -2.26. The predicted octanol–water partition coefficient (Wildman–Crippen LogP) is 4.47. The van der Waals surface area contributed by atoms with Gasteiger partial charge in [0, 0.05) is 24.6 Å². The molecule has 0 radical (unpaired) electrons. The molecule has 29 heavy (non-hydrogen) atoms. The molecule has 1 N–H and O–H groups in total. The molecule has 0 aromatic carbocycles. The first-order chi connectivity index (χ1) is 13.8. The second-order valence-corrected chi connectivity index (χ2v) is 8.03. The summed E-state index contributed by atoms with van der Waals surface area (Å²) in [7, 11) is 0.